The van der Waals surface area contributed by atoms with E-state index in [9.17, 15) is 9.59 Å². The minimum absolute atomic E-state index is 0.0643. The van der Waals surface area contributed by atoms with Gasteiger partial charge in [-0.1, -0.05) is 23.7 Å². The minimum atomic E-state index is -0.334. The molecule has 1 N–H and O–H groups in total. The van der Waals surface area contributed by atoms with E-state index in [1.54, 1.807) is 28.4 Å². The van der Waals surface area contributed by atoms with Gasteiger partial charge < -0.3 is 10.2 Å². The van der Waals surface area contributed by atoms with E-state index in [0.29, 0.717) is 23.8 Å². The summed E-state index contributed by atoms with van der Waals surface area (Å²) in [5, 5.41) is 5.47. The van der Waals surface area contributed by atoms with Gasteiger partial charge in [0.05, 0.1) is 23.2 Å². The number of carbonyl (C=O) groups is 2. The third-order valence-corrected chi connectivity index (χ3v) is 5.37. The summed E-state index contributed by atoms with van der Waals surface area (Å²) in [6.07, 6.45) is 0.223. The lowest BCUT2D eigenvalue weighted by molar-refractivity contribution is -0.126. The molecule has 1 aromatic carbocycles. The van der Waals surface area contributed by atoms with Crippen molar-refractivity contribution < 1.29 is 9.59 Å². The molecule has 0 saturated carbocycles. The predicted octanol–water partition coefficient (Wildman–Crippen LogP) is 3.38. The molecule has 120 valence electrons. The molecule has 23 heavy (non-hydrogen) atoms. The molecule has 1 aliphatic rings. The highest BCUT2D eigenvalue weighted by atomic mass is 35.5. The van der Waals surface area contributed by atoms with Crippen molar-refractivity contribution in [3.8, 4) is 0 Å². The van der Waals surface area contributed by atoms with E-state index in [-0.39, 0.29) is 24.2 Å². The zero-order valence-electron chi connectivity index (χ0n) is 12.7. The van der Waals surface area contributed by atoms with E-state index < -0.39 is 0 Å². The Morgan fingerprint density at radius 2 is 2.17 bits per heavy atom. The SMILES string of the molecule is Cc1ccsc1CNC(=O)C1CC(=O)N(c2ccccc2Cl)C1. The second-order valence-corrected chi connectivity index (χ2v) is 7.01. The number of para-hydroxylation sites is 1. The first-order chi connectivity index (χ1) is 11.1. The summed E-state index contributed by atoms with van der Waals surface area (Å²) in [7, 11) is 0. The molecular weight excluding hydrogens is 332 g/mol. The number of nitrogens with one attached hydrogen (secondary N) is 1. The lowest BCUT2D eigenvalue weighted by Gasteiger charge is -2.18. The van der Waals surface area contributed by atoms with E-state index >= 15 is 0 Å². The Morgan fingerprint density at radius 1 is 1.39 bits per heavy atom. The Balaban J connectivity index is 1.64. The fourth-order valence-corrected chi connectivity index (χ4v) is 3.77. The second-order valence-electron chi connectivity index (χ2n) is 5.60. The van der Waals surface area contributed by atoms with Crippen molar-refractivity contribution in [1.29, 1.82) is 0 Å². The normalized spacial score (nSPS) is 17.6. The zero-order valence-corrected chi connectivity index (χ0v) is 14.3. The molecule has 0 bridgehead atoms. The largest absolute Gasteiger partial charge is 0.351 e. The Hall–Kier alpha value is -1.85. The minimum Gasteiger partial charge on any atom is -0.351 e. The smallest absolute Gasteiger partial charge is 0.227 e. The van der Waals surface area contributed by atoms with Gasteiger partial charge in [0.15, 0.2) is 0 Å². The first-order valence-corrected chi connectivity index (χ1v) is 8.67. The van der Waals surface area contributed by atoms with Gasteiger partial charge in [-0.3, -0.25) is 9.59 Å². The van der Waals surface area contributed by atoms with Gasteiger partial charge in [0, 0.05) is 17.8 Å². The Morgan fingerprint density at radius 3 is 2.87 bits per heavy atom. The number of anilines is 1. The van der Waals surface area contributed by atoms with Crippen molar-refractivity contribution >= 4 is 40.4 Å². The third-order valence-electron chi connectivity index (χ3n) is 4.03. The van der Waals surface area contributed by atoms with Crippen LogP contribution < -0.4 is 10.2 Å². The molecule has 0 aliphatic carbocycles. The average Bonchev–Trinajstić information content (AvgIpc) is 3.11. The van der Waals surface area contributed by atoms with Crippen LogP contribution in [0.2, 0.25) is 5.02 Å². The predicted molar refractivity (Wildman–Crippen MR) is 92.8 cm³/mol. The van der Waals surface area contributed by atoms with Crippen LogP contribution in [0, 0.1) is 12.8 Å². The van der Waals surface area contributed by atoms with Crippen LogP contribution in [0.25, 0.3) is 0 Å². The fraction of sp³-hybridized carbons (Fsp3) is 0.294. The van der Waals surface area contributed by atoms with E-state index in [4.69, 9.17) is 11.6 Å². The Labute approximate surface area is 144 Å². The summed E-state index contributed by atoms with van der Waals surface area (Å²) in [6.45, 7) is 2.91. The summed E-state index contributed by atoms with van der Waals surface area (Å²) in [5.41, 5.74) is 1.85. The molecule has 1 atom stereocenters. The highest BCUT2D eigenvalue weighted by Crippen LogP contribution is 2.31. The van der Waals surface area contributed by atoms with Crippen LogP contribution in [0.1, 0.15) is 16.9 Å². The summed E-state index contributed by atoms with van der Waals surface area (Å²) in [4.78, 5) is 27.3. The molecule has 6 heteroatoms. The molecule has 2 aromatic rings. The van der Waals surface area contributed by atoms with Gasteiger partial charge in [0.2, 0.25) is 11.8 Å². The lowest BCUT2D eigenvalue weighted by atomic mass is 10.1. The topological polar surface area (TPSA) is 49.4 Å². The Kier molecular flexibility index (Phi) is 4.68. The van der Waals surface area contributed by atoms with E-state index in [1.165, 1.54) is 5.56 Å². The van der Waals surface area contributed by atoms with E-state index in [2.05, 4.69) is 5.32 Å². The first kappa shape index (κ1) is 16.0. The van der Waals surface area contributed by atoms with Gasteiger partial charge in [0.25, 0.3) is 0 Å². The van der Waals surface area contributed by atoms with Gasteiger partial charge in [-0.2, -0.15) is 0 Å². The standard InChI is InChI=1S/C17H17ClN2O2S/c1-11-6-7-23-15(11)9-19-17(22)12-8-16(21)20(10-12)14-5-3-2-4-13(14)18/h2-7,12H,8-10H2,1H3,(H,19,22). The number of nitrogens with zero attached hydrogens (tertiary/aromatic N) is 1. The van der Waals surface area contributed by atoms with Crippen molar-refractivity contribution in [1.82, 2.24) is 5.32 Å². The maximum Gasteiger partial charge on any atom is 0.227 e. The second kappa shape index (κ2) is 6.72. The zero-order chi connectivity index (χ0) is 16.4. The summed E-state index contributed by atoms with van der Waals surface area (Å²) in [5.74, 6) is -0.481. The van der Waals surface area contributed by atoms with Gasteiger partial charge in [-0.05, 0) is 36.1 Å². The van der Waals surface area contributed by atoms with E-state index in [1.807, 2.05) is 30.5 Å². The Bertz CT molecular complexity index is 744. The quantitative estimate of drug-likeness (QED) is 0.920. The van der Waals surface area contributed by atoms with Crippen LogP contribution in [0.5, 0.6) is 0 Å². The fourth-order valence-electron chi connectivity index (χ4n) is 2.68. The third kappa shape index (κ3) is 3.41. The number of rotatable bonds is 4. The van der Waals surface area contributed by atoms with E-state index in [0.717, 1.165) is 4.88 Å². The molecule has 1 unspecified atom stereocenters. The molecule has 1 fully saturated rings. The summed E-state index contributed by atoms with van der Waals surface area (Å²) >= 11 is 7.77. The highest BCUT2D eigenvalue weighted by Gasteiger charge is 2.35. The summed E-state index contributed by atoms with van der Waals surface area (Å²) < 4.78 is 0. The molecule has 0 spiro atoms. The van der Waals surface area contributed by atoms with Crippen molar-refractivity contribution in [2.24, 2.45) is 5.92 Å². The number of carbonyl (C=O) groups excluding carboxylic acids is 2. The number of aryl methyl sites for hydroxylation is 1. The van der Waals surface area contributed by atoms with Crippen LogP contribution in [0.4, 0.5) is 5.69 Å². The maximum absolute atomic E-state index is 12.3. The molecular formula is C17H17ClN2O2S. The number of hydrogen-bond acceptors (Lipinski definition) is 3. The first-order valence-electron chi connectivity index (χ1n) is 7.42. The van der Waals surface area contributed by atoms with Crippen LogP contribution >= 0.6 is 22.9 Å². The number of halogens is 1. The number of thiophene rings is 1. The molecule has 1 aliphatic heterocycles. The van der Waals surface area contributed by atoms with Crippen LogP contribution in [-0.2, 0) is 16.1 Å². The molecule has 3 rings (SSSR count). The molecule has 4 nitrogen and oxygen atoms in total. The van der Waals surface area contributed by atoms with Gasteiger partial charge in [-0.15, -0.1) is 11.3 Å². The maximum atomic E-state index is 12.3. The van der Waals surface area contributed by atoms with Crippen molar-refractivity contribution in [3.63, 3.8) is 0 Å². The number of amides is 2. The number of hydrogen-bond donors (Lipinski definition) is 1. The highest BCUT2D eigenvalue weighted by molar-refractivity contribution is 7.10. The van der Waals surface area contributed by atoms with Gasteiger partial charge in [-0.25, -0.2) is 0 Å². The van der Waals surface area contributed by atoms with Crippen molar-refractivity contribution in [2.75, 3.05) is 11.4 Å². The molecule has 0 radical (unpaired) electrons. The molecule has 1 saturated heterocycles. The molecule has 2 amide bonds. The lowest BCUT2D eigenvalue weighted by Crippen LogP contribution is -2.32. The van der Waals surface area contributed by atoms with Crippen LogP contribution in [-0.4, -0.2) is 18.4 Å². The van der Waals surface area contributed by atoms with Gasteiger partial charge in [0.1, 0.15) is 0 Å². The van der Waals surface area contributed by atoms with Crippen molar-refractivity contribution in [2.45, 2.75) is 19.9 Å². The average molecular weight is 349 g/mol. The summed E-state index contributed by atoms with van der Waals surface area (Å²) in [6, 6.07) is 9.23. The molecule has 2 heterocycles. The van der Waals surface area contributed by atoms with Gasteiger partial charge >= 0.3 is 0 Å². The van der Waals surface area contributed by atoms with Crippen LogP contribution in [0.3, 0.4) is 0 Å². The van der Waals surface area contributed by atoms with Crippen LogP contribution in [0.15, 0.2) is 35.7 Å². The monoisotopic (exact) mass is 348 g/mol. The molecule has 1 aromatic heterocycles. The number of benzene rings is 1. The van der Waals surface area contributed by atoms with Crippen molar-refractivity contribution in [3.05, 3.63) is 51.2 Å².